The molecule has 0 aromatic heterocycles. The molecule has 4 heteroatoms. The molecule has 0 aliphatic carbocycles. The van der Waals surface area contributed by atoms with Crippen molar-refractivity contribution in [3.8, 4) is 0 Å². The maximum atomic E-state index is 12.0. The summed E-state index contributed by atoms with van der Waals surface area (Å²) in [5.74, 6) is -1.79. The smallest absolute Gasteiger partial charge is 0.101 e. The largest absolute Gasteiger partial charge is 0.550 e. The Morgan fingerprint density at radius 3 is 1.89 bits per heavy atom. The Morgan fingerprint density at radius 1 is 1.04 bits per heavy atom. The Bertz CT molecular complexity index is 758. The first-order valence-corrected chi connectivity index (χ1v) is 9.86. The molecule has 1 aliphatic rings. The minimum atomic E-state index is -1.19. The zero-order chi connectivity index (χ0) is 20.4. The Kier molecular flexibility index (Phi) is 5.64. The molecular weight excluding hydrogens is 352 g/mol. The quantitative estimate of drug-likeness (QED) is 0.835. The van der Waals surface area contributed by atoms with Gasteiger partial charge in [-0.15, -0.1) is 0 Å². The molecule has 0 bridgehead atoms. The number of aliphatic carboxylic acids is 1. The first-order chi connectivity index (χ1) is 13.2. The fourth-order valence-corrected chi connectivity index (χ4v) is 4.50. The van der Waals surface area contributed by atoms with E-state index in [1.54, 1.807) is 13.8 Å². The zero-order valence-corrected chi connectivity index (χ0v) is 16.9. The molecule has 2 atom stereocenters. The second-order valence-electron chi connectivity index (χ2n) is 8.70. The summed E-state index contributed by atoms with van der Waals surface area (Å²) in [4.78, 5) is 11.6. The van der Waals surface area contributed by atoms with Crippen LogP contribution in [0.4, 0.5) is 0 Å². The molecule has 1 saturated heterocycles. The molecule has 4 nitrogen and oxygen atoms in total. The van der Waals surface area contributed by atoms with Gasteiger partial charge in [-0.3, -0.25) is 0 Å². The number of carboxylic acids is 1. The van der Waals surface area contributed by atoms with Gasteiger partial charge in [0.15, 0.2) is 0 Å². The van der Waals surface area contributed by atoms with Crippen molar-refractivity contribution < 1.29 is 19.7 Å². The monoisotopic (exact) mass is 381 g/mol. The summed E-state index contributed by atoms with van der Waals surface area (Å²) in [6.07, 6.45) is 1.71. The number of hydrogen-bond acceptors (Lipinski definition) is 4. The maximum absolute atomic E-state index is 12.0. The average molecular weight is 381 g/mol. The van der Waals surface area contributed by atoms with E-state index in [0.717, 1.165) is 11.1 Å². The Morgan fingerprint density at radius 2 is 1.50 bits per heavy atom. The van der Waals surface area contributed by atoms with Crippen molar-refractivity contribution in [3.63, 3.8) is 0 Å². The van der Waals surface area contributed by atoms with Gasteiger partial charge in [-0.05, 0) is 44.7 Å². The summed E-state index contributed by atoms with van der Waals surface area (Å²) in [5, 5.41) is 23.5. The van der Waals surface area contributed by atoms with Gasteiger partial charge in [0.2, 0.25) is 0 Å². The van der Waals surface area contributed by atoms with E-state index in [0.29, 0.717) is 25.7 Å². The molecular formula is C24H29O4-. The molecule has 3 rings (SSSR count). The van der Waals surface area contributed by atoms with E-state index in [2.05, 4.69) is 0 Å². The molecule has 1 heterocycles. The lowest BCUT2D eigenvalue weighted by Gasteiger charge is -2.55. The number of ether oxygens (including phenoxy) is 1. The minimum absolute atomic E-state index is 0.414. The van der Waals surface area contributed by atoms with Crippen LogP contribution in [0.5, 0.6) is 0 Å². The number of carbonyl (C=O) groups is 1. The third-order valence-electron chi connectivity index (χ3n) is 6.19. The normalized spacial score (nSPS) is 24.6. The molecule has 0 unspecified atom stereocenters. The predicted octanol–water partition coefficient (Wildman–Crippen LogP) is 2.92. The van der Waals surface area contributed by atoms with Crippen molar-refractivity contribution in [2.75, 3.05) is 0 Å². The van der Waals surface area contributed by atoms with Crippen LogP contribution >= 0.6 is 0 Å². The summed E-state index contributed by atoms with van der Waals surface area (Å²) in [6, 6.07) is 19.7. The fourth-order valence-electron chi connectivity index (χ4n) is 4.50. The van der Waals surface area contributed by atoms with Gasteiger partial charge in [0.05, 0.1) is 11.2 Å². The molecule has 28 heavy (non-hydrogen) atoms. The second kappa shape index (κ2) is 7.69. The summed E-state index contributed by atoms with van der Waals surface area (Å²) >= 11 is 0. The molecule has 0 spiro atoms. The Balaban J connectivity index is 1.97. The number of carboxylic acid groups (broad SMARTS) is 1. The third-order valence-corrected chi connectivity index (χ3v) is 6.19. The Labute approximate surface area is 167 Å². The van der Waals surface area contributed by atoms with Crippen LogP contribution in [0.3, 0.4) is 0 Å². The highest BCUT2D eigenvalue weighted by Gasteiger charge is 2.54. The van der Waals surface area contributed by atoms with Crippen LogP contribution in [0.1, 0.15) is 44.7 Å². The molecule has 1 fully saturated rings. The lowest BCUT2D eigenvalue weighted by Crippen LogP contribution is -2.64. The number of aliphatic hydroxyl groups is 1. The number of carbonyl (C=O) groups excluding carboxylic acids is 1. The lowest BCUT2D eigenvalue weighted by molar-refractivity contribution is -0.331. The van der Waals surface area contributed by atoms with Crippen LogP contribution in [0.2, 0.25) is 0 Å². The van der Waals surface area contributed by atoms with Crippen LogP contribution in [-0.2, 0) is 22.4 Å². The predicted molar refractivity (Wildman–Crippen MR) is 107 cm³/mol. The van der Waals surface area contributed by atoms with Crippen molar-refractivity contribution in [2.45, 2.75) is 63.3 Å². The number of rotatable bonds is 6. The van der Waals surface area contributed by atoms with Gasteiger partial charge < -0.3 is 19.7 Å². The molecule has 0 radical (unpaired) electrons. The first kappa shape index (κ1) is 20.6. The highest BCUT2D eigenvalue weighted by molar-refractivity contribution is 5.69. The zero-order valence-electron chi connectivity index (χ0n) is 16.9. The van der Waals surface area contributed by atoms with Gasteiger partial charge >= 0.3 is 0 Å². The molecule has 2 aromatic carbocycles. The number of hydrogen-bond donors (Lipinski definition) is 1. The SMILES string of the molecule is CC1(C)O[C@](C)(C(O)(Cc2ccccc2)Cc2ccccc2)CC[C@@H]1C(=O)[O-]. The highest BCUT2D eigenvalue weighted by atomic mass is 16.5. The van der Waals surface area contributed by atoms with Gasteiger partial charge in [-0.2, -0.15) is 0 Å². The van der Waals surface area contributed by atoms with Gasteiger partial charge in [-0.25, -0.2) is 0 Å². The van der Waals surface area contributed by atoms with Crippen molar-refractivity contribution in [3.05, 3.63) is 71.8 Å². The van der Waals surface area contributed by atoms with Crippen molar-refractivity contribution in [1.29, 1.82) is 0 Å². The number of benzene rings is 2. The molecule has 1 aliphatic heterocycles. The third kappa shape index (κ3) is 4.13. The summed E-state index contributed by atoms with van der Waals surface area (Å²) in [5.41, 5.74) is -0.971. The molecule has 0 saturated carbocycles. The summed E-state index contributed by atoms with van der Waals surface area (Å²) < 4.78 is 6.37. The van der Waals surface area contributed by atoms with Gasteiger partial charge in [0, 0.05) is 24.7 Å². The van der Waals surface area contributed by atoms with Gasteiger partial charge in [0.1, 0.15) is 5.60 Å². The van der Waals surface area contributed by atoms with E-state index >= 15 is 0 Å². The molecule has 1 N–H and O–H groups in total. The van der Waals surface area contributed by atoms with E-state index in [1.807, 2.05) is 67.6 Å². The molecule has 150 valence electrons. The van der Waals surface area contributed by atoms with E-state index in [-0.39, 0.29) is 0 Å². The first-order valence-electron chi connectivity index (χ1n) is 9.86. The van der Waals surface area contributed by atoms with Crippen molar-refractivity contribution in [2.24, 2.45) is 5.92 Å². The highest BCUT2D eigenvalue weighted by Crippen LogP contribution is 2.46. The van der Waals surface area contributed by atoms with E-state index in [9.17, 15) is 15.0 Å². The summed E-state index contributed by atoms with van der Waals surface area (Å²) in [6.45, 7) is 5.46. The van der Waals surface area contributed by atoms with Crippen LogP contribution in [-0.4, -0.2) is 27.9 Å². The van der Waals surface area contributed by atoms with Crippen LogP contribution in [0, 0.1) is 5.92 Å². The van der Waals surface area contributed by atoms with Crippen LogP contribution in [0.15, 0.2) is 60.7 Å². The van der Waals surface area contributed by atoms with E-state index in [4.69, 9.17) is 4.74 Å². The molecule has 2 aromatic rings. The Hall–Kier alpha value is -2.17. The average Bonchev–Trinajstić information content (AvgIpc) is 2.62. The standard InChI is InChI=1S/C24H30O4/c1-22(2)20(21(25)26)14-15-23(3,28-22)24(27,16-18-10-6-4-7-11-18)17-19-12-8-5-9-13-19/h4-13,20,27H,14-17H2,1-3H3,(H,25,26)/p-1/t20-,23+/m1/s1. The fraction of sp³-hybridized carbons (Fsp3) is 0.458. The van der Waals surface area contributed by atoms with Gasteiger partial charge in [-0.1, -0.05) is 60.7 Å². The second-order valence-corrected chi connectivity index (χ2v) is 8.70. The van der Waals surface area contributed by atoms with E-state index < -0.39 is 28.7 Å². The van der Waals surface area contributed by atoms with Crippen LogP contribution < -0.4 is 5.11 Å². The van der Waals surface area contributed by atoms with Gasteiger partial charge in [0.25, 0.3) is 0 Å². The summed E-state index contributed by atoms with van der Waals surface area (Å²) in [7, 11) is 0. The van der Waals surface area contributed by atoms with Crippen molar-refractivity contribution >= 4 is 5.97 Å². The maximum Gasteiger partial charge on any atom is 0.101 e. The van der Waals surface area contributed by atoms with Crippen LogP contribution in [0.25, 0.3) is 0 Å². The van der Waals surface area contributed by atoms with Crippen molar-refractivity contribution in [1.82, 2.24) is 0 Å². The topological polar surface area (TPSA) is 69.6 Å². The minimum Gasteiger partial charge on any atom is -0.550 e. The molecule has 0 amide bonds. The van der Waals surface area contributed by atoms with E-state index in [1.165, 1.54) is 0 Å². The lowest BCUT2D eigenvalue weighted by atomic mass is 9.68.